The maximum absolute atomic E-state index is 12.2. The summed E-state index contributed by atoms with van der Waals surface area (Å²) in [6, 6.07) is 2.07. The molecule has 0 bridgehead atoms. The van der Waals surface area contributed by atoms with Crippen LogP contribution in [0.4, 0.5) is 4.79 Å². The molecule has 1 saturated heterocycles. The van der Waals surface area contributed by atoms with E-state index in [0.29, 0.717) is 18.8 Å². The Balaban J connectivity index is 1.55. The summed E-state index contributed by atoms with van der Waals surface area (Å²) in [7, 11) is 0. The number of hydrogen-bond donors (Lipinski definition) is 3. The predicted octanol–water partition coefficient (Wildman–Crippen LogP) is 1.78. The number of ether oxygens (including phenoxy) is 1. The second kappa shape index (κ2) is 6.03. The van der Waals surface area contributed by atoms with Crippen LogP contribution in [0.5, 0.6) is 0 Å². The summed E-state index contributed by atoms with van der Waals surface area (Å²) in [6.07, 6.45) is 1.54. The zero-order valence-corrected chi connectivity index (χ0v) is 12.3. The van der Waals surface area contributed by atoms with E-state index in [1.807, 2.05) is 11.4 Å². The highest BCUT2D eigenvalue weighted by Gasteiger charge is 2.40. The third kappa shape index (κ3) is 3.54. The number of thiophene rings is 1. The molecule has 114 valence electrons. The van der Waals surface area contributed by atoms with Crippen LogP contribution in [0.15, 0.2) is 11.4 Å². The highest BCUT2D eigenvalue weighted by molar-refractivity contribution is 7.10. The third-order valence-corrected chi connectivity index (χ3v) is 4.97. The van der Waals surface area contributed by atoms with Gasteiger partial charge in [0.05, 0.1) is 5.56 Å². The van der Waals surface area contributed by atoms with Gasteiger partial charge < -0.3 is 20.5 Å². The average molecular weight is 310 g/mol. The van der Waals surface area contributed by atoms with Crippen molar-refractivity contribution < 1.29 is 19.4 Å². The molecular weight excluding hydrogens is 292 g/mol. The summed E-state index contributed by atoms with van der Waals surface area (Å²) in [4.78, 5) is 23.8. The van der Waals surface area contributed by atoms with Crippen molar-refractivity contribution in [2.24, 2.45) is 0 Å². The number of rotatable bonds is 4. The lowest BCUT2D eigenvalue weighted by molar-refractivity contribution is 0.0696. The number of hydrogen-bond acceptors (Lipinski definition) is 4. The molecule has 6 nitrogen and oxygen atoms in total. The quantitative estimate of drug-likeness (QED) is 0.791. The molecule has 2 fully saturated rings. The van der Waals surface area contributed by atoms with Gasteiger partial charge >= 0.3 is 6.09 Å². The second-order valence-corrected chi connectivity index (χ2v) is 6.44. The van der Waals surface area contributed by atoms with Crippen LogP contribution in [0.2, 0.25) is 0 Å². The molecule has 1 aliphatic heterocycles. The topological polar surface area (TPSA) is 87.7 Å². The van der Waals surface area contributed by atoms with Gasteiger partial charge in [0.15, 0.2) is 0 Å². The summed E-state index contributed by atoms with van der Waals surface area (Å²) in [5, 5.41) is 16.0. The van der Waals surface area contributed by atoms with E-state index in [1.165, 1.54) is 11.3 Å². The lowest BCUT2D eigenvalue weighted by Crippen LogP contribution is -2.38. The minimum Gasteiger partial charge on any atom is -0.465 e. The highest BCUT2D eigenvalue weighted by Crippen LogP contribution is 2.43. The Hall–Kier alpha value is -1.60. The van der Waals surface area contributed by atoms with E-state index < -0.39 is 6.09 Å². The van der Waals surface area contributed by atoms with Crippen LogP contribution in [0.1, 0.15) is 40.4 Å². The van der Waals surface area contributed by atoms with E-state index in [1.54, 1.807) is 0 Å². The molecule has 2 amide bonds. The first-order valence-corrected chi connectivity index (χ1v) is 7.98. The van der Waals surface area contributed by atoms with Crippen LogP contribution in [-0.2, 0) is 4.74 Å². The Bertz CT molecular complexity index is 539. The first-order chi connectivity index (χ1) is 10.1. The zero-order chi connectivity index (χ0) is 14.8. The molecular formula is C14H18N2O4S. The van der Waals surface area contributed by atoms with Gasteiger partial charge in [0, 0.05) is 41.5 Å². The van der Waals surface area contributed by atoms with Gasteiger partial charge in [0.2, 0.25) is 0 Å². The molecule has 0 radical (unpaired) electrons. The fourth-order valence-corrected chi connectivity index (χ4v) is 3.67. The van der Waals surface area contributed by atoms with Crippen LogP contribution in [-0.4, -0.2) is 42.4 Å². The molecule has 7 heteroatoms. The fourth-order valence-electron chi connectivity index (χ4n) is 2.60. The van der Waals surface area contributed by atoms with Gasteiger partial charge in [-0.3, -0.25) is 4.79 Å². The van der Waals surface area contributed by atoms with Crippen molar-refractivity contribution in [3.8, 4) is 0 Å². The summed E-state index contributed by atoms with van der Waals surface area (Å²) in [5.74, 6) is 0.170. The normalized spacial score (nSPS) is 25.3. The predicted molar refractivity (Wildman–Crippen MR) is 77.9 cm³/mol. The van der Waals surface area contributed by atoms with Crippen molar-refractivity contribution >= 4 is 23.3 Å². The van der Waals surface area contributed by atoms with Crippen LogP contribution >= 0.6 is 11.3 Å². The van der Waals surface area contributed by atoms with Gasteiger partial charge in [-0.25, -0.2) is 4.79 Å². The fraction of sp³-hybridized carbons (Fsp3) is 0.571. The standard InChI is InChI=1S/C14H18N2O4S/c17-13(15-9-1-3-20-4-2-9)8-5-12(21-7-8)10-6-11(10)16-14(18)19/h5,7,9-11,16H,1-4,6H2,(H,15,17)(H,18,19)/t10-,11-/m1/s1. The van der Waals surface area contributed by atoms with E-state index in [0.717, 1.165) is 24.1 Å². The van der Waals surface area contributed by atoms with E-state index in [9.17, 15) is 9.59 Å². The molecule has 21 heavy (non-hydrogen) atoms. The van der Waals surface area contributed by atoms with Crippen molar-refractivity contribution in [1.82, 2.24) is 10.6 Å². The number of carbonyl (C=O) groups excluding carboxylic acids is 1. The van der Waals surface area contributed by atoms with E-state index in [4.69, 9.17) is 9.84 Å². The van der Waals surface area contributed by atoms with Gasteiger partial charge in [0.1, 0.15) is 0 Å². The molecule has 1 aromatic heterocycles. The zero-order valence-electron chi connectivity index (χ0n) is 11.5. The summed E-state index contributed by atoms with van der Waals surface area (Å²) in [5.41, 5.74) is 0.669. The minimum atomic E-state index is -0.989. The van der Waals surface area contributed by atoms with Crippen LogP contribution in [0.25, 0.3) is 0 Å². The Labute approximate surface area is 126 Å². The third-order valence-electron chi connectivity index (χ3n) is 3.90. The Morgan fingerprint density at radius 1 is 1.29 bits per heavy atom. The minimum absolute atomic E-state index is 0.00689. The van der Waals surface area contributed by atoms with Gasteiger partial charge in [0.25, 0.3) is 5.91 Å². The molecule has 3 N–H and O–H groups in total. The van der Waals surface area contributed by atoms with E-state index >= 15 is 0 Å². The molecule has 3 rings (SSSR count). The SMILES string of the molecule is O=C(O)N[C@@H]1C[C@H]1c1cc(C(=O)NC2CCOCC2)cs1. The monoisotopic (exact) mass is 310 g/mol. The molecule has 0 spiro atoms. The maximum atomic E-state index is 12.2. The number of carbonyl (C=O) groups is 2. The maximum Gasteiger partial charge on any atom is 0.404 e. The van der Waals surface area contributed by atoms with Crippen LogP contribution < -0.4 is 10.6 Å². The molecule has 2 atom stereocenters. The molecule has 2 heterocycles. The lowest BCUT2D eigenvalue weighted by atomic mass is 10.1. The van der Waals surface area contributed by atoms with Crippen molar-refractivity contribution in [2.75, 3.05) is 13.2 Å². The lowest BCUT2D eigenvalue weighted by Gasteiger charge is -2.22. The van der Waals surface area contributed by atoms with E-state index in [2.05, 4.69) is 10.6 Å². The summed E-state index contributed by atoms with van der Waals surface area (Å²) >= 11 is 1.52. The molecule has 0 unspecified atom stereocenters. The Morgan fingerprint density at radius 2 is 2.05 bits per heavy atom. The van der Waals surface area contributed by atoms with Gasteiger partial charge in [-0.1, -0.05) is 0 Å². The van der Waals surface area contributed by atoms with Gasteiger partial charge in [-0.2, -0.15) is 0 Å². The van der Waals surface area contributed by atoms with Gasteiger partial charge in [-0.05, 0) is 25.3 Å². The Kier molecular flexibility index (Phi) is 4.12. The molecule has 0 aromatic carbocycles. The van der Waals surface area contributed by atoms with Crippen molar-refractivity contribution in [3.63, 3.8) is 0 Å². The van der Waals surface area contributed by atoms with Crippen molar-refractivity contribution in [1.29, 1.82) is 0 Å². The summed E-state index contributed by atoms with van der Waals surface area (Å²) < 4.78 is 5.27. The van der Waals surface area contributed by atoms with Crippen molar-refractivity contribution in [3.05, 3.63) is 21.9 Å². The summed E-state index contributed by atoms with van der Waals surface area (Å²) in [6.45, 7) is 1.40. The first kappa shape index (κ1) is 14.3. The number of amides is 2. The first-order valence-electron chi connectivity index (χ1n) is 7.10. The molecule has 1 saturated carbocycles. The average Bonchev–Trinajstić information content (AvgIpc) is 3.02. The molecule has 1 aliphatic carbocycles. The van der Waals surface area contributed by atoms with Crippen molar-refractivity contribution in [2.45, 2.75) is 37.3 Å². The second-order valence-electron chi connectivity index (χ2n) is 5.50. The van der Waals surface area contributed by atoms with Crippen LogP contribution in [0, 0.1) is 0 Å². The Morgan fingerprint density at radius 3 is 2.76 bits per heavy atom. The molecule has 1 aromatic rings. The van der Waals surface area contributed by atoms with Crippen LogP contribution in [0.3, 0.4) is 0 Å². The number of nitrogens with one attached hydrogen (secondary N) is 2. The van der Waals surface area contributed by atoms with Gasteiger partial charge in [-0.15, -0.1) is 11.3 Å². The number of carboxylic acid groups (broad SMARTS) is 1. The van der Waals surface area contributed by atoms with E-state index in [-0.39, 0.29) is 23.9 Å². The smallest absolute Gasteiger partial charge is 0.404 e. The largest absolute Gasteiger partial charge is 0.465 e. The molecule has 2 aliphatic rings. The highest BCUT2D eigenvalue weighted by atomic mass is 32.1.